The second kappa shape index (κ2) is 6.74. The van der Waals surface area contributed by atoms with Crippen LogP contribution in [0.2, 0.25) is 0 Å². The molecule has 0 bridgehead atoms. The Labute approximate surface area is 128 Å². The van der Waals surface area contributed by atoms with E-state index < -0.39 is 16.9 Å². The zero-order chi connectivity index (χ0) is 16.3. The van der Waals surface area contributed by atoms with Crippen molar-refractivity contribution in [3.05, 3.63) is 33.9 Å². The van der Waals surface area contributed by atoms with E-state index >= 15 is 0 Å². The average Bonchev–Trinajstić information content (AvgIpc) is 2.48. The Bertz CT molecular complexity index is 576. The molecule has 1 aliphatic carbocycles. The van der Waals surface area contributed by atoms with Crippen LogP contribution in [0.3, 0.4) is 0 Å². The van der Waals surface area contributed by atoms with Gasteiger partial charge in [-0.1, -0.05) is 18.9 Å². The molecule has 3 N–H and O–H groups in total. The third-order valence-electron chi connectivity index (χ3n) is 4.21. The number of amides is 1. The molecule has 0 heterocycles. The molecule has 0 aromatic heterocycles. The summed E-state index contributed by atoms with van der Waals surface area (Å²) in [7, 11) is 1.58. The topological polar surface area (TPSA) is 110 Å². The maximum Gasteiger partial charge on any atom is 0.284 e. The lowest BCUT2D eigenvalue weighted by molar-refractivity contribution is -0.385. The number of anilines is 1. The number of carbonyl (C=O) groups is 1. The maximum absolute atomic E-state index is 12.5. The maximum atomic E-state index is 12.5. The van der Waals surface area contributed by atoms with Crippen LogP contribution in [-0.4, -0.2) is 40.5 Å². The average molecular weight is 307 g/mol. The van der Waals surface area contributed by atoms with Gasteiger partial charge in [0.15, 0.2) is 0 Å². The van der Waals surface area contributed by atoms with Crippen LogP contribution in [0.15, 0.2) is 18.2 Å². The highest BCUT2D eigenvalue weighted by atomic mass is 16.6. The molecule has 1 aromatic carbocycles. The molecule has 2 rings (SSSR count). The number of nitrogens with zero attached hydrogens (tertiary/aromatic N) is 2. The van der Waals surface area contributed by atoms with Crippen molar-refractivity contribution < 1.29 is 14.8 Å². The summed E-state index contributed by atoms with van der Waals surface area (Å²) in [4.78, 5) is 24.4. The minimum absolute atomic E-state index is 0.00620. The number of nitro groups is 1. The summed E-state index contributed by atoms with van der Waals surface area (Å²) >= 11 is 0. The van der Waals surface area contributed by atoms with Gasteiger partial charge in [-0.25, -0.2) is 0 Å². The third kappa shape index (κ3) is 3.36. The van der Waals surface area contributed by atoms with Crippen molar-refractivity contribution in [3.8, 4) is 0 Å². The standard InChI is InChI=1S/C15H21N3O4/c1-17(9-10-5-2-3-8-13(10)19)15(20)14-11(16)6-4-7-12(14)18(21)22/h4,6-7,10,13,19H,2-3,5,8-9,16H2,1H3. The highest BCUT2D eigenvalue weighted by Crippen LogP contribution is 2.28. The van der Waals surface area contributed by atoms with Gasteiger partial charge in [0.2, 0.25) is 0 Å². The summed E-state index contributed by atoms with van der Waals surface area (Å²) in [6, 6.07) is 4.20. The molecule has 22 heavy (non-hydrogen) atoms. The van der Waals surface area contributed by atoms with Crippen molar-refractivity contribution >= 4 is 17.3 Å². The van der Waals surface area contributed by atoms with Gasteiger partial charge in [0.05, 0.1) is 16.7 Å². The molecule has 0 spiro atoms. The van der Waals surface area contributed by atoms with Crippen LogP contribution in [0, 0.1) is 16.0 Å². The Morgan fingerprint density at radius 2 is 2.14 bits per heavy atom. The Morgan fingerprint density at radius 3 is 2.77 bits per heavy atom. The molecule has 7 heteroatoms. The Balaban J connectivity index is 2.19. The molecule has 2 atom stereocenters. The molecule has 2 unspecified atom stereocenters. The molecular formula is C15H21N3O4. The van der Waals surface area contributed by atoms with Gasteiger partial charge in [0, 0.05) is 25.6 Å². The van der Waals surface area contributed by atoms with Gasteiger partial charge in [-0.2, -0.15) is 0 Å². The van der Waals surface area contributed by atoms with Gasteiger partial charge in [-0.05, 0) is 18.9 Å². The quantitative estimate of drug-likeness (QED) is 0.500. The molecule has 1 fully saturated rings. The molecule has 120 valence electrons. The summed E-state index contributed by atoms with van der Waals surface area (Å²) in [6.45, 7) is 0.367. The van der Waals surface area contributed by atoms with E-state index in [1.807, 2.05) is 0 Å². The minimum atomic E-state index is -0.604. The Morgan fingerprint density at radius 1 is 1.45 bits per heavy atom. The van der Waals surface area contributed by atoms with Crippen molar-refractivity contribution in [1.82, 2.24) is 4.90 Å². The normalized spacial score (nSPS) is 21.4. The van der Waals surface area contributed by atoms with E-state index in [0.29, 0.717) is 6.54 Å². The summed E-state index contributed by atoms with van der Waals surface area (Å²) in [5.74, 6) is -0.478. The minimum Gasteiger partial charge on any atom is -0.398 e. The zero-order valence-corrected chi connectivity index (χ0v) is 12.6. The van der Waals surface area contributed by atoms with Gasteiger partial charge >= 0.3 is 0 Å². The van der Waals surface area contributed by atoms with Crippen molar-refractivity contribution in [3.63, 3.8) is 0 Å². The van der Waals surface area contributed by atoms with E-state index in [0.717, 1.165) is 25.7 Å². The first-order valence-corrected chi connectivity index (χ1v) is 7.38. The highest BCUT2D eigenvalue weighted by molar-refractivity contribution is 6.02. The van der Waals surface area contributed by atoms with Crippen LogP contribution in [0.4, 0.5) is 11.4 Å². The van der Waals surface area contributed by atoms with E-state index in [-0.39, 0.29) is 22.9 Å². The molecule has 1 aromatic rings. The summed E-state index contributed by atoms with van der Waals surface area (Å²) in [5, 5.41) is 21.1. The van der Waals surface area contributed by atoms with E-state index in [9.17, 15) is 20.0 Å². The first kappa shape index (κ1) is 16.2. The first-order valence-electron chi connectivity index (χ1n) is 7.38. The largest absolute Gasteiger partial charge is 0.398 e. The number of benzene rings is 1. The number of aliphatic hydroxyl groups excluding tert-OH is 1. The number of nitro benzene ring substituents is 1. The molecule has 1 amide bonds. The van der Waals surface area contributed by atoms with Crippen molar-refractivity contribution in [2.75, 3.05) is 19.3 Å². The number of aliphatic hydroxyl groups is 1. The summed E-state index contributed by atoms with van der Waals surface area (Å²) in [6.07, 6.45) is 3.18. The predicted octanol–water partition coefficient (Wildman–Crippen LogP) is 1.80. The number of carbonyl (C=O) groups excluding carboxylic acids is 1. The van der Waals surface area contributed by atoms with Crippen LogP contribution in [0.25, 0.3) is 0 Å². The predicted molar refractivity (Wildman–Crippen MR) is 82.4 cm³/mol. The van der Waals surface area contributed by atoms with Crippen LogP contribution in [0.1, 0.15) is 36.0 Å². The van der Waals surface area contributed by atoms with E-state index in [2.05, 4.69) is 0 Å². The van der Waals surface area contributed by atoms with Crippen LogP contribution >= 0.6 is 0 Å². The van der Waals surface area contributed by atoms with E-state index in [1.165, 1.54) is 23.1 Å². The summed E-state index contributed by atoms with van der Waals surface area (Å²) in [5.41, 5.74) is 5.48. The molecule has 7 nitrogen and oxygen atoms in total. The van der Waals surface area contributed by atoms with Gasteiger partial charge < -0.3 is 15.7 Å². The van der Waals surface area contributed by atoms with Gasteiger partial charge in [-0.3, -0.25) is 14.9 Å². The molecule has 0 aliphatic heterocycles. The molecule has 0 saturated heterocycles. The molecule has 1 saturated carbocycles. The monoisotopic (exact) mass is 307 g/mol. The van der Waals surface area contributed by atoms with Gasteiger partial charge in [0.1, 0.15) is 5.56 Å². The van der Waals surface area contributed by atoms with Gasteiger partial charge in [0.25, 0.3) is 11.6 Å². The fourth-order valence-electron chi connectivity index (χ4n) is 2.97. The second-order valence-electron chi connectivity index (χ2n) is 5.80. The fraction of sp³-hybridized carbons (Fsp3) is 0.533. The van der Waals surface area contributed by atoms with Crippen LogP contribution in [0.5, 0.6) is 0 Å². The molecule has 0 radical (unpaired) electrons. The zero-order valence-electron chi connectivity index (χ0n) is 12.6. The number of nitrogens with two attached hydrogens (primary N) is 1. The molecule has 1 aliphatic rings. The lowest BCUT2D eigenvalue weighted by Gasteiger charge is -2.31. The fourth-order valence-corrected chi connectivity index (χ4v) is 2.97. The van der Waals surface area contributed by atoms with E-state index in [1.54, 1.807) is 7.05 Å². The number of nitrogen functional groups attached to an aromatic ring is 1. The third-order valence-corrected chi connectivity index (χ3v) is 4.21. The number of hydrogen-bond acceptors (Lipinski definition) is 5. The molecular weight excluding hydrogens is 286 g/mol. The van der Waals surface area contributed by atoms with Crippen molar-refractivity contribution in [2.24, 2.45) is 5.92 Å². The van der Waals surface area contributed by atoms with Crippen LogP contribution < -0.4 is 5.73 Å². The van der Waals surface area contributed by atoms with Crippen molar-refractivity contribution in [2.45, 2.75) is 31.8 Å². The van der Waals surface area contributed by atoms with Gasteiger partial charge in [-0.15, -0.1) is 0 Å². The van der Waals surface area contributed by atoms with Crippen molar-refractivity contribution in [1.29, 1.82) is 0 Å². The SMILES string of the molecule is CN(CC1CCCCC1O)C(=O)c1c(N)cccc1[N+](=O)[O-]. The second-order valence-corrected chi connectivity index (χ2v) is 5.80. The Hall–Kier alpha value is -2.15. The smallest absolute Gasteiger partial charge is 0.284 e. The lowest BCUT2D eigenvalue weighted by Crippen LogP contribution is -2.38. The Kier molecular flexibility index (Phi) is 4.97. The number of rotatable bonds is 4. The highest BCUT2D eigenvalue weighted by Gasteiger charge is 2.29. The van der Waals surface area contributed by atoms with Crippen LogP contribution in [-0.2, 0) is 0 Å². The number of hydrogen-bond donors (Lipinski definition) is 2. The van der Waals surface area contributed by atoms with E-state index in [4.69, 9.17) is 5.73 Å². The lowest BCUT2D eigenvalue weighted by atomic mass is 9.86. The summed E-state index contributed by atoms with van der Waals surface area (Å²) < 4.78 is 0. The first-order chi connectivity index (χ1) is 10.4.